The molecule has 21 heavy (non-hydrogen) atoms. The first-order chi connectivity index (χ1) is 10.00. The molecule has 0 spiro atoms. The van der Waals surface area contributed by atoms with E-state index in [1.54, 1.807) is 11.3 Å². The predicted molar refractivity (Wildman–Crippen MR) is 90.6 cm³/mol. The van der Waals surface area contributed by atoms with Crippen molar-refractivity contribution in [2.45, 2.75) is 38.4 Å². The fourth-order valence-electron chi connectivity index (χ4n) is 3.05. The minimum atomic E-state index is 0.0206. The van der Waals surface area contributed by atoms with E-state index in [2.05, 4.69) is 78.1 Å². The lowest BCUT2D eigenvalue weighted by atomic mass is 9.84. The molecular formula is C18H24N2S. The van der Waals surface area contributed by atoms with Gasteiger partial charge in [0.25, 0.3) is 0 Å². The summed E-state index contributed by atoms with van der Waals surface area (Å²) in [6.07, 6.45) is 0. The average Bonchev–Trinajstić information content (AvgIpc) is 2.98. The highest BCUT2D eigenvalue weighted by Crippen LogP contribution is 2.31. The Hall–Kier alpha value is -1.16. The first-order valence-corrected chi connectivity index (χ1v) is 8.51. The topological polar surface area (TPSA) is 15.3 Å². The molecule has 1 aromatic carbocycles. The predicted octanol–water partition coefficient (Wildman–Crippen LogP) is 3.85. The first-order valence-electron chi connectivity index (χ1n) is 7.56. The number of hydrogen-bond donors (Lipinski definition) is 1. The molecule has 1 aromatic heterocycles. The van der Waals surface area contributed by atoms with Crippen LogP contribution in [0.4, 0.5) is 0 Å². The SMILES string of the molecule is CC1(c2ccccc2)CN(Cc2ccsc2)C(C)(C)CN1. The molecule has 1 atom stereocenters. The van der Waals surface area contributed by atoms with Gasteiger partial charge in [-0.15, -0.1) is 0 Å². The summed E-state index contributed by atoms with van der Waals surface area (Å²) in [5.41, 5.74) is 2.99. The number of nitrogens with one attached hydrogen (secondary N) is 1. The van der Waals surface area contributed by atoms with Gasteiger partial charge in [-0.1, -0.05) is 30.3 Å². The van der Waals surface area contributed by atoms with E-state index >= 15 is 0 Å². The molecule has 112 valence electrons. The van der Waals surface area contributed by atoms with Gasteiger partial charge in [0.15, 0.2) is 0 Å². The summed E-state index contributed by atoms with van der Waals surface area (Å²) in [4.78, 5) is 2.61. The second-order valence-corrected chi connectivity index (χ2v) is 7.63. The van der Waals surface area contributed by atoms with E-state index in [9.17, 15) is 0 Å². The Kier molecular flexibility index (Phi) is 3.91. The van der Waals surface area contributed by atoms with Gasteiger partial charge in [-0.05, 0) is 48.7 Å². The summed E-state index contributed by atoms with van der Waals surface area (Å²) in [7, 11) is 0. The third kappa shape index (κ3) is 3.05. The molecule has 0 bridgehead atoms. The van der Waals surface area contributed by atoms with Gasteiger partial charge in [0.2, 0.25) is 0 Å². The number of piperazine rings is 1. The molecule has 1 N–H and O–H groups in total. The van der Waals surface area contributed by atoms with E-state index < -0.39 is 0 Å². The smallest absolute Gasteiger partial charge is 0.0535 e. The number of thiophene rings is 1. The lowest BCUT2D eigenvalue weighted by Gasteiger charge is -2.51. The molecule has 1 saturated heterocycles. The average molecular weight is 300 g/mol. The first kappa shape index (κ1) is 14.8. The Morgan fingerprint density at radius 1 is 1.14 bits per heavy atom. The van der Waals surface area contributed by atoms with Gasteiger partial charge in [0, 0.05) is 25.2 Å². The zero-order chi connectivity index (χ0) is 14.9. The molecule has 2 heterocycles. The fourth-order valence-corrected chi connectivity index (χ4v) is 3.71. The molecule has 0 radical (unpaired) electrons. The molecular weight excluding hydrogens is 276 g/mol. The molecule has 2 aromatic rings. The summed E-state index contributed by atoms with van der Waals surface area (Å²) in [5.74, 6) is 0. The van der Waals surface area contributed by atoms with Crippen molar-refractivity contribution < 1.29 is 0 Å². The Bertz CT molecular complexity index is 577. The lowest BCUT2D eigenvalue weighted by molar-refractivity contribution is 0.0246. The van der Waals surface area contributed by atoms with Crippen molar-refractivity contribution in [3.8, 4) is 0 Å². The molecule has 2 nitrogen and oxygen atoms in total. The molecule has 1 unspecified atom stereocenters. The maximum atomic E-state index is 3.77. The molecule has 3 rings (SSSR count). The minimum absolute atomic E-state index is 0.0206. The number of benzene rings is 1. The van der Waals surface area contributed by atoms with Crippen LogP contribution in [0.15, 0.2) is 47.2 Å². The van der Waals surface area contributed by atoms with Crippen LogP contribution in [0.25, 0.3) is 0 Å². The van der Waals surface area contributed by atoms with Crippen LogP contribution in [-0.2, 0) is 12.1 Å². The van der Waals surface area contributed by atoms with Crippen molar-refractivity contribution in [1.29, 1.82) is 0 Å². The second kappa shape index (κ2) is 5.56. The monoisotopic (exact) mass is 300 g/mol. The molecule has 1 aliphatic heterocycles. The summed E-state index contributed by atoms with van der Waals surface area (Å²) in [6.45, 7) is 10.0. The van der Waals surface area contributed by atoms with E-state index in [-0.39, 0.29) is 11.1 Å². The zero-order valence-electron chi connectivity index (χ0n) is 13.1. The quantitative estimate of drug-likeness (QED) is 0.926. The maximum absolute atomic E-state index is 3.77. The molecule has 1 aliphatic rings. The third-order valence-corrected chi connectivity index (χ3v) is 5.37. The van der Waals surface area contributed by atoms with Gasteiger partial charge in [0.05, 0.1) is 5.54 Å². The zero-order valence-corrected chi connectivity index (χ0v) is 13.9. The fraction of sp³-hybridized carbons (Fsp3) is 0.444. The third-order valence-electron chi connectivity index (χ3n) is 4.64. The second-order valence-electron chi connectivity index (χ2n) is 6.85. The molecule has 0 saturated carbocycles. The van der Waals surface area contributed by atoms with Crippen LogP contribution in [0.2, 0.25) is 0 Å². The van der Waals surface area contributed by atoms with Crippen LogP contribution in [0.3, 0.4) is 0 Å². The van der Waals surface area contributed by atoms with Gasteiger partial charge >= 0.3 is 0 Å². The van der Waals surface area contributed by atoms with Crippen molar-refractivity contribution in [3.63, 3.8) is 0 Å². The Morgan fingerprint density at radius 2 is 1.90 bits per heavy atom. The molecule has 0 aliphatic carbocycles. The highest BCUT2D eigenvalue weighted by atomic mass is 32.1. The maximum Gasteiger partial charge on any atom is 0.0535 e. The molecule has 0 amide bonds. The van der Waals surface area contributed by atoms with Crippen LogP contribution in [0, 0.1) is 0 Å². The Morgan fingerprint density at radius 3 is 2.57 bits per heavy atom. The van der Waals surface area contributed by atoms with E-state index in [0.717, 1.165) is 19.6 Å². The van der Waals surface area contributed by atoms with Gasteiger partial charge < -0.3 is 5.32 Å². The van der Waals surface area contributed by atoms with Gasteiger partial charge in [-0.2, -0.15) is 11.3 Å². The molecule has 1 fully saturated rings. The van der Waals surface area contributed by atoms with Gasteiger partial charge in [0.1, 0.15) is 0 Å². The van der Waals surface area contributed by atoms with Crippen molar-refractivity contribution in [2.24, 2.45) is 0 Å². The van der Waals surface area contributed by atoms with E-state index in [1.807, 2.05) is 0 Å². The van der Waals surface area contributed by atoms with Crippen LogP contribution in [0.5, 0.6) is 0 Å². The van der Waals surface area contributed by atoms with Crippen LogP contribution >= 0.6 is 11.3 Å². The van der Waals surface area contributed by atoms with E-state index in [0.29, 0.717) is 0 Å². The minimum Gasteiger partial charge on any atom is -0.305 e. The normalized spacial score (nSPS) is 25.9. The van der Waals surface area contributed by atoms with E-state index in [1.165, 1.54) is 11.1 Å². The van der Waals surface area contributed by atoms with Crippen molar-refractivity contribution in [3.05, 3.63) is 58.3 Å². The summed E-state index contributed by atoms with van der Waals surface area (Å²) >= 11 is 1.78. The van der Waals surface area contributed by atoms with Crippen molar-refractivity contribution in [2.75, 3.05) is 13.1 Å². The summed E-state index contributed by atoms with van der Waals surface area (Å²) in [6, 6.07) is 13.0. The summed E-state index contributed by atoms with van der Waals surface area (Å²) in [5, 5.41) is 8.20. The Balaban J connectivity index is 1.84. The highest BCUT2D eigenvalue weighted by molar-refractivity contribution is 7.07. The standard InChI is InChI=1S/C18H24N2S/c1-17(2)13-19-18(3,16-7-5-4-6-8-16)14-20(17)11-15-9-10-21-12-15/h4-10,12,19H,11,13-14H2,1-3H3. The van der Waals surface area contributed by atoms with Crippen LogP contribution in [-0.4, -0.2) is 23.5 Å². The largest absolute Gasteiger partial charge is 0.305 e. The summed E-state index contributed by atoms with van der Waals surface area (Å²) < 4.78 is 0. The van der Waals surface area contributed by atoms with Crippen molar-refractivity contribution >= 4 is 11.3 Å². The number of rotatable bonds is 3. The van der Waals surface area contributed by atoms with Crippen molar-refractivity contribution in [1.82, 2.24) is 10.2 Å². The number of nitrogens with zero attached hydrogens (tertiary/aromatic N) is 1. The van der Waals surface area contributed by atoms with Crippen LogP contribution < -0.4 is 5.32 Å². The number of hydrogen-bond acceptors (Lipinski definition) is 3. The van der Waals surface area contributed by atoms with Gasteiger partial charge in [-0.25, -0.2) is 0 Å². The highest BCUT2D eigenvalue weighted by Gasteiger charge is 2.40. The lowest BCUT2D eigenvalue weighted by Crippen LogP contribution is -2.65. The Labute approximate surface area is 131 Å². The van der Waals surface area contributed by atoms with Crippen LogP contribution in [0.1, 0.15) is 31.9 Å². The molecule has 3 heteroatoms. The van der Waals surface area contributed by atoms with E-state index in [4.69, 9.17) is 0 Å². The van der Waals surface area contributed by atoms with Gasteiger partial charge in [-0.3, -0.25) is 4.90 Å².